The third-order valence-electron chi connectivity index (χ3n) is 3.53. The normalized spacial score (nSPS) is 14.1. The SMILES string of the molecule is CNC(=O)c1cccc(NC(=O)CCN2CCSC2=O)c1C. The zero-order valence-corrected chi connectivity index (χ0v) is 13.5. The zero-order chi connectivity index (χ0) is 16.1. The van der Waals surface area contributed by atoms with Crippen LogP contribution in [-0.4, -0.2) is 47.8 Å². The Kier molecular flexibility index (Phi) is 5.43. The van der Waals surface area contributed by atoms with Crippen LogP contribution in [0.1, 0.15) is 22.3 Å². The second-order valence-electron chi connectivity index (χ2n) is 4.96. The number of anilines is 1. The van der Waals surface area contributed by atoms with E-state index in [9.17, 15) is 14.4 Å². The Morgan fingerprint density at radius 2 is 2.14 bits per heavy atom. The second-order valence-corrected chi connectivity index (χ2v) is 6.00. The van der Waals surface area contributed by atoms with Gasteiger partial charge < -0.3 is 15.5 Å². The van der Waals surface area contributed by atoms with Crippen molar-refractivity contribution in [3.8, 4) is 0 Å². The van der Waals surface area contributed by atoms with Crippen molar-refractivity contribution in [2.24, 2.45) is 0 Å². The largest absolute Gasteiger partial charge is 0.355 e. The maximum atomic E-state index is 12.0. The van der Waals surface area contributed by atoms with Crippen LogP contribution in [0.3, 0.4) is 0 Å². The zero-order valence-electron chi connectivity index (χ0n) is 12.6. The predicted molar refractivity (Wildman–Crippen MR) is 87.2 cm³/mol. The molecule has 1 aromatic rings. The van der Waals surface area contributed by atoms with Gasteiger partial charge >= 0.3 is 0 Å². The Balaban J connectivity index is 1.96. The molecule has 0 bridgehead atoms. The van der Waals surface area contributed by atoms with Crippen LogP contribution in [0.5, 0.6) is 0 Å². The van der Waals surface area contributed by atoms with Crippen molar-refractivity contribution in [3.05, 3.63) is 29.3 Å². The van der Waals surface area contributed by atoms with Crippen molar-refractivity contribution in [2.45, 2.75) is 13.3 Å². The number of benzene rings is 1. The fourth-order valence-electron chi connectivity index (χ4n) is 2.23. The number of nitrogens with one attached hydrogen (secondary N) is 2. The highest BCUT2D eigenvalue weighted by Gasteiger charge is 2.21. The Morgan fingerprint density at radius 1 is 1.36 bits per heavy atom. The first-order chi connectivity index (χ1) is 10.5. The molecule has 0 saturated carbocycles. The highest BCUT2D eigenvalue weighted by atomic mass is 32.2. The van der Waals surface area contributed by atoms with E-state index in [1.165, 1.54) is 11.8 Å². The van der Waals surface area contributed by atoms with E-state index >= 15 is 0 Å². The summed E-state index contributed by atoms with van der Waals surface area (Å²) in [6, 6.07) is 5.20. The second kappa shape index (κ2) is 7.31. The minimum Gasteiger partial charge on any atom is -0.355 e. The summed E-state index contributed by atoms with van der Waals surface area (Å²) < 4.78 is 0. The topological polar surface area (TPSA) is 78.5 Å². The third-order valence-corrected chi connectivity index (χ3v) is 4.43. The van der Waals surface area contributed by atoms with E-state index < -0.39 is 0 Å². The number of carbonyl (C=O) groups excluding carboxylic acids is 3. The van der Waals surface area contributed by atoms with Crippen LogP contribution >= 0.6 is 11.8 Å². The van der Waals surface area contributed by atoms with Crippen molar-refractivity contribution in [2.75, 3.05) is 31.2 Å². The van der Waals surface area contributed by atoms with Crippen LogP contribution in [0, 0.1) is 6.92 Å². The maximum Gasteiger partial charge on any atom is 0.281 e. The Morgan fingerprint density at radius 3 is 2.77 bits per heavy atom. The summed E-state index contributed by atoms with van der Waals surface area (Å²) in [5.74, 6) is 0.434. The van der Waals surface area contributed by atoms with Crippen LogP contribution < -0.4 is 10.6 Å². The number of amides is 3. The lowest BCUT2D eigenvalue weighted by molar-refractivity contribution is -0.116. The minimum absolute atomic E-state index is 0.0330. The summed E-state index contributed by atoms with van der Waals surface area (Å²) >= 11 is 1.28. The summed E-state index contributed by atoms with van der Waals surface area (Å²) in [5.41, 5.74) is 1.88. The van der Waals surface area contributed by atoms with Crippen molar-refractivity contribution in [1.82, 2.24) is 10.2 Å². The van der Waals surface area contributed by atoms with Gasteiger partial charge in [-0.3, -0.25) is 14.4 Å². The standard InChI is InChI=1S/C15H19N3O3S/c1-10-11(14(20)16-2)4-3-5-12(10)17-13(19)6-7-18-8-9-22-15(18)21/h3-5H,6-9H2,1-2H3,(H,16,20)(H,17,19). The molecule has 1 aromatic carbocycles. The summed E-state index contributed by atoms with van der Waals surface area (Å²) in [4.78, 5) is 36.9. The smallest absolute Gasteiger partial charge is 0.281 e. The lowest BCUT2D eigenvalue weighted by Gasteiger charge is -2.15. The molecule has 2 rings (SSSR count). The number of rotatable bonds is 5. The Hall–Kier alpha value is -2.02. The molecule has 0 spiro atoms. The van der Waals surface area contributed by atoms with E-state index in [4.69, 9.17) is 0 Å². The number of carbonyl (C=O) groups is 3. The molecule has 22 heavy (non-hydrogen) atoms. The molecule has 1 saturated heterocycles. The van der Waals surface area contributed by atoms with Gasteiger partial charge in [0.15, 0.2) is 0 Å². The molecule has 0 radical (unpaired) electrons. The molecule has 7 heteroatoms. The summed E-state index contributed by atoms with van der Waals surface area (Å²) in [7, 11) is 1.57. The van der Waals surface area contributed by atoms with Crippen LogP contribution in [0.4, 0.5) is 10.5 Å². The Labute approximate surface area is 133 Å². The van der Waals surface area contributed by atoms with Gasteiger partial charge in [-0.1, -0.05) is 17.8 Å². The first-order valence-corrected chi connectivity index (χ1v) is 8.04. The molecule has 0 aliphatic carbocycles. The van der Waals surface area contributed by atoms with Gasteiger partial charge in [0.25, 0.3) is 11.1 Å². The van der Waals surface area contributed by atoms with Gasteiger partial charge in [0, 0.05) is 43.6 Å². The summed E-state index contributed by atoms with van der Waals surface area (Å²) in [6.45, 7) is 2.91. The average molecular weight is 321 g/mol. The Bertz CT molecular complexity index is 604. The molecular formula is C15H19N3O3S. The van der Waals surface area contributed by atoms with Gasteiger partial charge in [-0.15, -0.1) is 0 Å². The fraction of sp³-hybridized carbons (Fsp3) is 0.400. The molecule has 0 aromatic heterocycles. The van der Waals surface area contributed by atoms with Crippen molar-refractivity contribution in [1.29, 1.82) is 0 Å². The maximum absolute atomic E-state index is 12.0. The summed E-state index contributed by atoms with van der Waals surface area (Å²) in [6.07, 6.45) is 0.246. The monoisotopic (exact) mass is 321 g/mol. The highest BCUT2D eigenvalue weighted by Crippen LogP contribution is 2.20. The molecule has 0 atom stereocenters. The molecule has 1 fully saturated rings. The lowest BCUT2D eigenvalue weighted by Crippen LogP contribution is -2.28. The van der Waals surface area contributed by atoms with Gasteiger partial charge in [0.1, 0.15) is 0 Å². The number of hydrogen-bond acceptors (Lipinski definition) is 4. The molecule has 3 amide bonds. The third kappa shape index (κ3) is 3.79. The van der Waals surface area contributed by atoms with E-state index in [-0.39, 0.29) is 23.5 Å². The number of hydrogen-bond donors (Lipinski definition) is 2. The first kappa shape index (κ1) is 16.4. The van der Waals surface area contributed by atoms with E-state index in [0.717, 1.165) is 11.3 Å². The predicted octanol–water partition coefficient (Wildman–Crippen LogP) is 1.85. The van der Waals surface area contributed by atoms with Crippen molar-refractivity contribution >= 4 is 34.5 Å². The average Bonchev–Trinajstić information content (AvgIpc) is 2.92. The number of nitrogens with zero attached hydrogens (tertiary/aromatic N) is 1. The molecule has 0 unspecified atom stereocenters. The van der Waals surface area contributed by atoms with Gasteiger partial charge in [0.05, 0.1) is 0 Å². The van der Waals surface area contributed by atoms with E-state index in [1.54, 1.807) is 37.1 Å². The fourth-order valence-corrected chi connectivity index (χ4v) is 3.08. The number of thioether (sulfide) groups is 1. The van der Waals surface area contributed by atoms with Crippen LogP contribution in [0.15, 0.2) is 18.2 Å². The molecule has 6 nitrogen and oxygen atoms in total. The van der Waals surface area contributed by atoms with Crippen LogP contribution in [0.2, 0.25) is 0 Å². The molecule has 2 N–H and O–H groups in total. The molecule has 1 aliphatic rings. The van der Waals surface area contributed by atoms with E-state index in [1.807, 2.05) is 0 Å². The van der Waals surface area contributed by atoms with Gasteiger partial charge in [-0.2, -0.15) is 0 Å². The molecule has 118 valence electrons. The van der Waals surface area contributed by atoms with Crippen LogP contribution in [0.25, 0.3) is 0 Å². The molecule has 1 heterocycles. The first-order valence-electron chi connectivity index (χ1n) is 7.06. The minimum atomic E-state index is -0.187. The van der Waals surface area contributed by atoms with E-state index in [2.05, 4.69) is 10.6 Å². The van der Waals surface area contributed by atoms with Gasteiger partial charge in [0.2, 0.25) is 5.91 Å². The van der Waals surface area contributed by atoms with Crippen LogP contribution in [-0.2, 0) is 4.79 Å². The quantitative estimate of drug-likeness (QED) is 0.867. The highest BCUT2D eigenvalue weighted by molar-refractivity contribution is 8.13. The van der Waals surface area contributed by atoms with Crippen molar-refractivity contribution in [3.63, 3.8) is 0 Å². The van der Waals surface area contributed by atoms with E-state index in [0.29, 0.717) is 24.3 Å². The van der Waals surface area contributed by atoms with Gasteiger partial charge in [-0.05, 0) is 24.6 Å². The molecular weight excluding hydrogens is 302 g/mol. The molecule has 1 aliphatic heterocycles. The van der Waals surface area contributed by atoms with Crippen molar-refractivity contribution < 1.29 is 14.4 Å². The lowest BCUT2D eigenvalue weighted by atomic mass is 10.1. The summed E-state index contributed by atoms with van der Waals surface area (Å²) in [5, 5.41) is 5.41. The van der Waals surface area contributed by atoms with Gasteiger partial charge in [-0.25, -0.2) is 0 Å².